The molecule has 28 heavy (non-hydrogen) atoms. The molecule has 0 unspecified atom stereocenters. The Labute approximate surface area is 161 Å². The molecule has 2 rings (SSSR count). The lowest BCUT2D eigenvalue weighted by Crippen LogP contribution is -2.27. The van der Waals surface area contributed by atoms with E-state index in [2.05, 4.69) is 15.6 Å². The van der Waals surface area contributed by atoms with Crippen molar-refractivity contribution in [2.24, 2.45) is 5.92 Å². The van der Waals surface area contributed by atoms with Crippen LogP contribution in [0.15, 0.2) is 36.4 Å². The number of nitrogens with one attached hydrogen (secondary N) is 2. The van der Waals surface area contributed by atoms with E-state index in [-0.39, 0.29) is 23.2 Å². The maximum atomic E-state index is 12.9. The third kappa shape index (κ3) is 5.55. The Kier molecular flexibility index (Phi) is 6.43. The summed E-state index contributed by atoms with van der Waals surface area (Å²) < 4.78 is 38.6. The van der Waals surface area contributed by atoms with E-state index in [1.54, 1.807) is 33.8 Å². The van der Waals surface area contributed by atoms with Crippen LogP contribution in [0.5, 0.6) is 0 Å². The second-order valence-electron chi connectivity index (χ2n) is 6.84. The van der Waals surface area contributed by atoms with Crippen LogP contribution >= 0.6 is 0 Å². The summed E-state index contributed by atoms with van der Waals surface area (Å²) in [6.07, 6.45) is -4.45. The minimum atomic E-state index is -4.45. The Morgan fingerprint density at radius 1 is 1.07 bits per heavy atom. The van der Waals surface area contributed by atoms with Crippen molar-refractivity contribution in [3.8, 4) is 0 Å². The van der Waals surface area contributed by atoms with Crippen LogP contribution in [0.4, 0.5) is 19.0 Å². The molecule has 0 spiro atoms. The van der Waals surface area contributed by atoms with E-state index in [9.17, 15) is 22.8 Å². The normalized spacial score (nSPS) is 12.6. The SMILES string of the molecule is Cc1cc(C(=O)N[C@H](C)c2cccc(C(F)(F)F)c2)cc(NC(=O)C(C)C)n1. The Morgan fingerprint density at radius 3 is 2.36 bits per heavy atom. The van der Waals surface area contributed by atoms with Gasteiger partial charge in [-0.1, -0.05) is 26.0 Å². The number of aromatic nitrogens is 1. The van der Waals surface area contributed by atoms with Gasteiger partial charge in [0.1, 0.15) is 5.82 Å². The summed E-state index contributed by atoms with van der Waals surface area (Å²) in [6, 6.07) is 7.14. The van der Waals surface area contributed by atoms with Crippen molar-refractivity contribution in [1.82, 2.24) is 10.3 Å². The highest BCUT2D eigenvalue weighted by Gasteiger charge is 2.30. The molecule has 1 atom stereocenters. The van der Waals surface area contributed by atoms with Crippen molar-refractivity contribution >= 4 is 17.6 Å². The molecular weight excluding hydrogens is 371 g/mol. The predicted molar refractivity (Wildman–Crippen MR) is 99.8 cm³/mol. The van der Waals surface area contributed by atoms with Crippen LogP contribution in [0, 0.1) is 12.8 Å². The number of hydrogen-bond acceptors (Lipinski definition) is 3. The highest BCUT2D eigenvalue weighted by atomic mass is 19.4. The lowest BCUT2D eigenvalue weighted by atomic mass is 10.0. The Hall–Kier alpha value is -2.90. The van der Waals surface area contributed by atoms with E-state index >= 15 is 0 Å². The van der Waals surface area contributed by atoms with E-state index < -0.39 is 23.7 Å². The number of carbonyl (C=O) groups is 2. The molecule has 2 N–H and O–H groups in total. The Bertz CT molecular complexity index is 879. The maximum Gasteiger partial charge on any atom is 0.416 e. The summed E-state index contributed by atoms with van der Waals surface area (Å²) in [4.78, 5) is 28.6. The molecule has 0 radical (unpaired) electrons. The first-order valence-corrected chi connectivity index (χ1v) is 8.75. The van der Waals surface area contributed by atoms with Gasteiger partial charge in [0, 0.05) is 17.2 Å². The molecule has 0 bridgehead atoms. The highest BCUT2D eigenvalue weighted by molar-refractivity contribution is 5.97. The monoisotopic (exact) mass is 393 g/mol. The van der Waals surface area contributed by atoms with Crippen molar-refractivity contribution in [3.05, 3.63) is 58.8 Å². The summed E-state index contributed by atoms with van der Waals surface area (Å²) in [5.41, 5.74) is 0.343. The molecule has 150 valence electrons. The van der Waals surface area contributed by atoms with Gasteiger partial charge in [0.2, 0.25) is 5.91 Å². The van der Waals surface area contributed by atoms with Crippen LogP contribution in [-0.2, 0) is 11.0 Å². The maximum absolute atomic E-state index is 12.9. The van der Waals surface area contributed by atoms with Gasteiger partial charge in [0.25, 0.3) is 5.91 Å². The van der Waals surface area contributed by atoms with Crippen LogP contribution in [-0.4, -0.2) is 16.8 Å². The zero-order valence-corrected chi connectivity index (χ0v) is 16.0. The molecule has 0 aliphatic rings. The number of pyridine rings is 1. The van der Waals surface area contributed by atoms with Gasteiger partial charge in [-0.25, -0.2) is 4.98 Å². The Balaban J connectivity index is 2.18. The second-order valence-corrected chi connectivity index (χ2v) is 6.84. The lowest BCUT2D eigenvalue weighted by Gasteiger charge is -2.17. The van der Waals surface area contributed by atoms with Crippen molar-refractivity contribution < 1.29 is 22.8 Å². The van der Waals surface area contributed by atoms with Crippen LogP contribution < -0.4 is 10.6 Å². The molecule has 1 heterocycles. The van der Waals surface area contributed by atoms with Gasteiger partial charge in [-0.15, -0.1) is 0 Å². The minimum Gasteiger partial charge on any atom is -0.346 e. The average Bonchev–Trinajstić information content (AvgIpc) is 2.60. The quantitative estimate of drug-likeness (QED) is 0.786. The van der Waals surface area contributed by atoms with Crippen molar-refractivity contribution in [2.45, 2.75) is 39.9 Å². The average molecular weight is 393 g/mol. The van der Waals surface area contributed by atoms with Crippen LogP contribution in [0.2, 0.25) is 0 Å². The number of alkyl halides is 3. The molecular formula is C20H22F3N3O2. The number of carbonyl (C=O) groups excluding carboxylic acids is 2. The number of hydrogen-bond donors (Lipinski definition) is 2. The van der Waals surface area contributed by atoms with Gasteiger partial charge >= 0.3 is 6.18 Å². The molecule has 2 aromatic rings. The summed E-state index contributed by atoms with van der Waals surface area (Å²) in [5.74, 6) is -0.714. The van der Waals surface area contributed by atoms with E-state index in [0.717, 1.165) is 12.1 Å². The fourth-order valence-electron chi connectivity index (χ4n) is 2.48. The van der Waals surface area contributed by atoms with Gasteiger partial charge < -0.3 is 10.6 Å². The minimum absolute atomic E-state index is 0.234. The standard InChI is InChI=1S/C20H22F3N3O2/c1-11(2)18(27)26-17-10-15(8-12(3)24-17)19(28)25-13(4)14-6-5-7-16(9-14)20(21,22)23/h5-11,13H,1-4H3,(H,25,28)(H,24,26,27)/t13-/m1/s1. The Morgan fingerprint density at radius 2 is 1.75 bits per heavy atom. The van der Waals surface area contributed by atoms with Crippen molar-refractivity contribution in [3.63, 3.8) is 0 Å². The summed E-state index contributed by atoms with van der Waals surface area (Å²) >= 11 is 0. The van der Waals surface area contributed by atoms with Crippen molar-refractivity contribution in [1.29, 1.82) is 0 Å². The van der Waals surface area contributed by atoms with E-state index in [0.29, 0.717) is 11.3 Å². The van der Waals surface area contributed by atoms with Crippen LogP contribution in [0.3, 0.4) is 0 Å². The zero-order chi connectivity index (χ0) is 21.1. The van der Waals surface area contributed by atoms with Gasteiger partial charge in [-0.3, -0.25) is 9.59 Å². The zero-order valence-electron chi connectivity index (χ0n) is 16.0. The molecule has 8 heteroatoms. The molecule has 0 aliphatic heterocycles. The number of aryl methyl sites for hydroxylation is 1. The van der Waals surface area contributed by atoms with E-state index in [1.165, 1.54) is 18.2 Å². The first kappa shape index (κ1) is 21.4. The number of anilines is 1. The smallest absolute Gasteiger partial charge is 0.346 e. The second kappa shape index (κ2) is 8.41. The highest BCUT2D eigenvalue weighted by Crippen LogP contribution is 2.30. The summed E-state index contributed by atoms with van der Waals surface area (Å²) in [6.45, 7) is 6.74. The van der Waals surface area contributed by atoms with E-state index in [1.807, 2.05) is 0 Å². The molecule has 0 saturated carbocycles. The van der Waals surface area contributed by atoms with Gasteiger partial charge in [-0.05, 0) is 43.7 Å². The molecule has 1 aromatic carbocycles. The first-order valence-electron chi connectivity index (χ1n) is 8.75. The number of rotatable bonds is 5. The van der Waals surface area contributed by atoms with E-state index in [4.69, 9.17) is 0 Å². The van der Waals surface area contributed by atoms with Crippen molar-refractivity contribution in [2.75, 3.05) is 5.32 Å². The predicted octanol–water partition coefficient (Wildman–Crippen LogP) is 4.49. The number of benzene rings is 1. The number of halogens is 3. The van der Waals surface area contributed by atoms with Crippen LogP contribution in [0.25, 0.3) is 0 Å². The molecule has 5 nitrogen and oxygen atoms in total. The topological polar surface area (TPSA) is 71.1 Å². The van der Waals surface area contributed by atoms with Gasteiger partial charge in [-0.2, -0.15) is 13.2 Å². The largest absolute Gasteiger partial charge is 0.416 e. The fraction of sp³-hybridized carbons (Fsp3) is 0.350. The molecule has 0 fully saturated rings. The third-order valence-electron chi connectivity index (χ3n) is 4.05. The molecule has 2 amide bonds. The molecule has 0 aliphatic carbocycles. The van der Waals surface area contributed by atoms with Gasteiger partial charge in [0.15, 0.2) is 0 Å². The first-order chi connectivity index (χ1) is 13.0. The molecule has 1 aromatic heterocycles. The number of amides is 2. The van der Waals surface area contributed by atoms with Crippen LogP contribution in [0.1, 0.15) is 54.0 Å². The number of nitrogens with zero attached hydrogens (tertiary/aromatic N) is 1. The lowest BCUT2D eigenvalue weighted by molar-refractivity contribution is -0.137. The fourth-order valence-corrected chi connectivity index (χ4v) is 2.48. The van der Waals surface area contributed by atoms with Gasteiger partial charge in [0.05, 0.1) is 11.6 Å². The summed E-state index contributed by atoms with van der Waals surface area (Å²) in [5, 5.41) is 5.31. The summed E-state index contributed by atoms with van der Waals surface area (Å²) in [7, 11) is 0. The third-order valence-corrected chi connectivity index (χ3v) is 4.05. The molecule has 0 saturated heterocycles.